The first-order valence-corrected chi connectivity index (χ1v) is 12.7. The summed E-state index contributed by atoms with van der Waals surface area (Å²) in [7, 11) is 10.9. The van der Waals surface area contributed by atoms with Gasteiger partial charge in [0.2, 0.25) is 0 Å². The molecular weight excluding hydrogens is 456 g/mol. The molecule has 0 saturated heterocycles. The van der Waals surface area contributed by atoms with Crippen molar-refractivity contribution in [2.75, 3.05) is 68.7 Å². The Morgan fingerprint density at radius 1 is 0.722 bits per heavy atom. The van der Waals surface area contributed by atoms with Gasteiger partial charge in [-0.15, -0.1) is 0 Å². The summed E-state index contributed by atoms with van der Waals surface area (Å²) in [4.78, 5) is 15.6. The molecule has 0 fully saturated rings. The van der Waals surface area contributed by atoms with E-state index in [-0.39, 0.29) is 0 Å². The average Bonchev–Trinajstić information content (AvgIpc) is 2.88. The number of methoxy groups -OCH3 is 4. The van der Waals surface area contributed by atoms with Crippen LogP contribution in [0.25, 0.3) is 0 Å². The minimum Gasteiger partial charge on any atom is -0.493 e. The van der Waals surface area contributed by atoms with Gasteiger partial charge in [0, 0.05) is 13.0 Å². The molecular formula is C29H44N2O5. The minimum absolute atomic E-state index is 0.403. The molecule has 2 aromatic carbocycles. The maximum Gasteiger partial charge on any atom is 0.161 e. The first-order chi connectivity index (χ1) is 17.4. The number of ether oxygens (including phenoxy) is 4. The van der Waals surface area contributed by atoms with Crippen LogP contribution in [0.4, 0.5) is 0 Å². The van der Waals surface area contributed by atoms with Gasteiger partial charge in [0.25, 0.3) is 0 Å². The second-order valence-corrected chi connectivity index (χ2v) is 9.13. The molecule has 1 aliphatic carbocycles. The van der Waals surface area contributed by atoms with E-state index < -0.39 is 0 Å². The Hall–Kier alpha value is -2.77. The standard InChI is InChI=1S/C19H32N2O3.C10H12O2/c1-6-20(2)10-7-11-21(3)12-8-16-14-18(23-4)19(24-5)15-17(16)9-13-22;1-11-9-5-7-3-4-8(7)6-10(9)12-2/h13-15H,6-12H2,1-5H3;5-6H,3-4H2,1-2H3. The number of fused-ring (bicyclic) bond motifs is 1. The zero-order valence-electron chi connectivity index (χ0n) is 23.2. The summed E-state index contributed by atoms with van der Waals surface area (Å²) in [6.45, 7) is 6.41. The lowest BCUT2D eigenvalue weighted by molar-refractivity contribution is -0.107. The fourth-order valence-corrected chi connectivity index (χ4v) is 4.19. The topological polar surface area (TPSA) is 60.5 Å². The molecule has 3 rings (SSSR count). The molecule has 0 atom stereocenters. The summed E-state index contributed by atoms with van der Waals surface area (Å²) in [6, 6.07) is 8.05. The average molecular weight is 501 g/mol. The van der Waals surface area contributed by atoms with Crippen molar-refractivity contribution in [2.45, 2.75) is 39.0 Å². The molecule has 0 aliphatic heterocycles. The van der Waals surface area contributed by atoms with Gasteiger partial charge in [-0.25, -0.2) is 0 Å². The number of hydrogen-bond acceptors (Lipinski definition) is 7. The van der Waals surface area contributed by atoms with Crippen LogP contribution in [-0.4, -0.2) is 84.8 Å². The Bertz CT molecular complexity index is 932. The summed E-state index contributed by atoms with van der Waals surface area (Å²) in [5, 5.41) is 0. The Morgan fingerprint density at radius 2 is 1.19 bits per heavy atom. The highest BCUT2D eigenvalue weighted by molar-refractivity contribution is 5.59. The maximum atomic E-state index is 11.0. The van der Waals surface area contributed by atoms with Gasteiger partial charge in [-0.2, -0.15) is 0 Å². The van der Waals surface area contributed by atoms with Crippen LogP contribution in [-0.2, 0) is 30.5 Å². The van der Waals surface area contributed by atoms with Crippen molar-refractivity contribution < 1.29 is 23.7 Å². The molecule has 0 N–H and O–H groups in total. The van der Waals surface area contributed by atoms with E-state index in [4.69, 9.17) is 18.9 Å². The monoisotopic (exact) mass is 500 g/mol. The first kappa shape index (κ1) is 29.5. The molecule has 0 bridgehead atoms. The largest absolute Gasteiger partial charge is 0.493 e. The molecule has 200 valence electrons. The number of aldehydes is 1. The lowest BCUT2D eigenvalue weighted by Crippen LogP contribution is -2.27. The lowest BCUT2D eigenvalue weighted by atomic mass is 9.88. The molecule has 0 heterocycles. The SMILES string of the molecule is CCN(C)CCCN(C)CCc1cc(OC)c(OC)cc1CC=O.COc1cc2c(cc1OC)CC2. The zero-order valence-corrected chi connectivity index (χ0v) is 23.2. The van der Waals surface area contributed by atoms with Gasteiger partial charge in [-0.3, -0.25) is 0 Å². The molecule has 0 amide bonds. The van der Waals surface area contributed by atoms with Crippen LogP contribution in [0.1, 0.15) is 35.6 Å². The summed E-state index contributed by atoms with van der Waals surface area (Å²) >= 11 is 0. The number of rotatable bonds is 14. The van der Waals surface area contributed by atoms with Crippen LogP contribution in [0, 0.1) is 0 Å². The van der Waals surface area contributed by atoms with Gasteiger partial charge < -0.3 is 33.5 Å². The highest BCUT2D eigenvalue weighted by Crippen LogP contribution is 2.35. The Morgan fingerprint density at radius 3 is 1.64 bits per heavy atom. The number of nitrogens with zero attached hydrogens (tertiary/aromatic N) is 2. The third-order valence-corrected chi connectivity index (χ3v) is 6.76. The van der Waals surface area contributed by atoms with Crippen molar-refractivity contribution in [2.24, 2.45) is 0 Å². The fourth-order valence-electron chi connectivity index (χ4n) is 4.19. The number of carbonyl (C=O) groups is 1. The zero-order chi connectivity index (χ0) is 26.5. The minimum atomic E-state index is 0.403. The van der Waals surface area contributed by atoms with E-state index in [1.165, 1.54) is 24.0 Å². The number of likely N-dealkylation sites (N-methyl/N-ethyl adjacent to an activating group) is 1. The Labute approximate surface area is 217 Å². The fraction of sp³-hybridized carbons (Fsp3) is 0.552. The van der Waals surface area contributed by atoms with Gasteiger partial charge in [0.15, 0.2) is 23.0 Å². The molecule has 7 nitrogen and oxygen atoms in total. The molecule has 0 unspecified atom stereocenters. The molecule has 0 spiro atoms. The second kappa shape index (κ2) is 15.4. The Kier molecular flexibility index (Phi) is 12.6. The van der Waals surface area contributed by atoms with Gasteiger partial charge in [-0.1, -0.05) is 6.92 Å². The summed E-state index contributed by atoms with van der Waals surface area (Å²) < 4.78 is 21.1. The summed E-state index contributed by atoms with van der Waals surface area (Å²) in [5.41, 5.74) is 4.96. The van der Waals surface area contributed by atoms with Crippen LogP contribution < -0.4 is 18.9 Å². The van der Waals surface area contributed by atoms with Crippen LogP contribution >= 0.6 is 0 Å². The highest BCUT2D eigenvalue weighted by Gasteiger charge is 2.17. The van der Waals surface area contributed by atoms with Crippen molar-refractivity contribution in [3.8, 4) is 23.0 Å². The van der Waals surface area contributed by atoms with E-state index in [9.17, 15) is 4.79 Å². The van der Waals surface area contributed by atoms with E-state index in [2.05, 4.69) is 43.0 Å². The summed E-state index contributed by atoms with van der Waals surface area (Å²) in [6.07, 6.45) is 5.75. The first-order valence-electron chi connectivity index (χ1n) is 12.7. The molecule has 1 aliphatic rings. The maximum absolute atomic E-state index is 11.0. The summed E-state index contributed by atoms with van der Waals surface area (Å²) in [5.74, 6) is 3.08. The van der Waals surface area contributed by atoms with Crippen molar-refractivity contribution in [1.29, 1.82) is 0 Å². The van der Waals surface area contributed by atoms with Gasteiger partial charge in [0.05, 0.1) is 28.4 Å². The third-order valence-electron chi connectivity index (χ3n) is 6.76. The number of carbonyl (C=O) groups excluding carboxylic acids is 1. The van der Waals surface area contributed by atoms with Crippen LogP contribution in [0.2, 0.25) is 0 Å². The van der Waals surface area contributed by atoms with E-state index >= 15 is 0 Å². The molecule has 2 aromatic rings. The normalized spacial score (nSPS) is 11.8. The van der Waals surface area contributed by atoms with Crippen LogP contribution in [0.5, 0.6) is 23.0 Å². The Balaban J connectivity index is 0.000000313. The van der Waals surface area contributed by atoms with E-state index in [0.717, 1.165) is 73.7 Å². The molecule has 0 aromatic heterocycles. The van der Waals surface area contributed by atoms with E-state index in [1.807, 2.05) is 12.1 Å². The number of aryl methyl sites for hydroxylation is 2. The highest BCUT2D eigenvalue weighted by atomic mass is 16.5. The number of benzene rings is 2. The third kappa shape index (κ3) is 8.42. The van der Waals surface area contributed by atoms with Crippen LogP contribution in [0.3, 0.4) is 0 Å². The predicted molar refractivity (Wildman–Crippen MR) is 145 cm³/mol. The van der Waals surface area contributed by atoms with E-state index in [0.29, 0.717) is 12.2 Å². The molecule has 36 heavy (non-hydrogen) atoms. The molecule has 7 heteroatoms. The van der Waals surface area contributed by atoms with Gasteiger partial charge in [0.1, 0.15) is 6.29 Å². The van der Waals surface area contributed by atoms with Gasteiger partial charge in [-0.05, 0) is 106 Å². The van der Waals surface area contributed by atoms with Crippen molar-refractivity contribution in [1.82, 2.24) is 9.80 Å². The molecule has 0 radical (unpaired) electrons. The van der Waals surface area contributed by atoms with Crippen molar-refractivity contribution >= 4 is 6.29 Å². The lowest BCUT2D eigenvalue weighted by Gasteiger charge is -2.20. The number of hydrogen-bond donors (Lipinski definition) is 0. The van der Waals surface area contributed by atoms with Gasteiger partial charge >= 0.3 is 0 Å². The van der Waals surface area contributed by atoms with Crippen LogP contribution in [0.15, 0.2) is 24.3 Å². The quantitative estimate of drug-likeness (QED) is 0.363. The second-order valence-electron chi connectivity index (χ2n) is 9.13. The van der Waals surface area contributed by atoms with Crippen molar-refractivity contribution in [3.05, 3.63) is 46.5 Å². The van der Waals surface area contributed by atoms with Crippen molar-refractivity contribution in [3.63, 3.8) is 0 Å². The smallest absolute Gasteiger partial charge is 0.161 e. The molecule has 0 saturated carbocycles. The predicted octanol–water partition coefficient (Wildman–Crippen LogP) is 4.06. The van der Waals surface area contributed by atoms with E-state index in [1.54, 1.807) is 28.4 Å².